The van der Waals surface area contributed by atoms with Crippen LogP contribution in [0.4, 0.5) is 4.39 Å². The van der Waals surface area contributed by atoms with Crippen LogP contribution in [0.25, 0.3) is 10.9 Å². The number of methoxy groups -OCH3 is 2. The van der Waals surface area contributed by atoms with Crippen molar-refractivity contribution in [2.75, 3.05) is 20.8 Å². The highest BCUT2D eigenvalue weighted by Gasteiger charge is 2.58. The Morgan fingerprint density at radius 3 is 2.65 bits per heavy atom. The Morgan fingerprint density at radius 2 is 2.05 bits per heavy atom. The van der Waals surface area contributed by atoms with Crippen LogP contribution >= 0.6 is 0 Å². The summed E-state index contributed by atoms with van der Waals surface area (Å²) in [6, 6.07) is 6.30. The summed E-state index contributed by atoms with van der Waals surface area (Å²) < 4.78 is 29.2. The third kappa shape index (κ3) is 1.72. The van der Waals surface area contributed by atoms with Gasteiger partial charge in [0, 0.05) is 11.5 Å². The van der Waals surface area contributed by atoms with Crippen LogP contribution in [0.2, 0.25) is 0 Å². The van der Waals surface area contributed by atoms with E-state index in [1.54, 1.807) is 18.2 Å². The normalized spacial score (nSPS) is 20.8. The Bertz CT molecular complexity index is 697. The molecule has 0 saturated carbocycles. The molecule has 1 fully saturated rings. The summed E-state index contributed by atoms with van der Waals surface area (Å²) >= 11 is 0. The number of carbonyl (C=O) groups is 1. The van der Waals surface area contributed by atoms with Crippen LogP contribution in [0.5, 0.6) is 5.88 Å². The standard InChI is InChI=1S/C14H12FNO4/c1-18-10-6-4-8-3-5-9(15)11(12(8)16-10)14(7-20-14)13(17)19-2/h3-6H,7H2,1-2H3. The summed E-state index contributed by atoms with van der Waals surface area (Å²) in [5.74, 6) is -0.848. The predicted molar refractivity (Wildman–Crippen MR) is 67.9 cm³/mol. The molecule has 2 aromatic rings. The smallest absolute Gasteiger partial charge is 0.345 e. The van der Waals surface area contributed by atoms with Crippen molar-refractivity contribution in [2.24, 2.45) is 0 Å². The van der Waals surface area contributed by atoms with Gasteiger partial charge in [0.05, 0.1) is 31.9 Å². The molecule has 0 bridgehead atoms. The summed E-state index contributed by atoms with van der Waals surface area (Å²) in [5, 5.41) is 0.695. The summed E-state index contributed by atoms with van der Waals surface area (Å²) in [6.45, 7) is 0.0780. The molecule has 2 heterocycles. The van der Waals surface area contributed by atoms with E-state index < -0.39 is 17.4 Å². The van der Waals surface area contributed by atoms with Crippen LogP contribution < -0.4 is 4.74 Å². The van der Waals surface area contributed by atoms with Gasteiger partial charge in [-0.05, 0) is 18.2 Å². The SMILES string of the molecule is COC(=O)C1(c2c(F)ccc3ccc(OC)nc23)CO1. The number of rotatable bonds is 3. The molecule has 0 amide bonds. The van der Waals surface area contributed by atoms with E-state index in [9.17, 15) is 9.18 Å². The van der Waals surface area contributed by atoms with Crippen LogP contribution in [0.3, 0.4) is 0 Å². The minimum absolute atomic E-state index is 0.0780. The number of nitrogens with zero attached hydrogens (tertiary/aromatic N) is 1. The van der Waals surface area contributed by atoms with Crippen LogP contribution in [0, 0.1) is 5.82 Å². The molecule has 1 aromatic heterocycles. The molecule has 104 valence electrons. The third-order valence-corrected chi connectivity index (χ3v) is 3.35. The van der Waals surface area contributed by atoms with E-state index in [1.165, 1.54) is 20.3 Å². The Balaban J connectivity index is 2.28. The van der Waals surface area contributed by atoms with Crippen molar-refractivity contribution < 1.29 is 23.4 Å². The highest BCUT2D eigenvalue weighted by molar-refractivity contribution is 5.92. The van der Waals surface area contributed by atoms with Crippen LogP contribution in [-0.4, -0.2) is 31.8 Å². The molecule has 1 aliphatic heterocycles. The Labute approximate surface area is 114 Å². The number of esters is 1. The average molecular weight is 277 g/mol. The molecule has 0 aliphatic carbocycles. The quantitative estimate of drug-likeness (QED) is 0.632. The zero-order valence-electron chi connectivity index (χ0n) is 11.0. The van der Waals surface area contributed by atoms with Gasteiger partial charge < -0.3 is 14.2 Å². The number of aromatic nitrogens is 1. The first-order chi connectivity index (χ1) is 9.62. The summed E-state index contributed by atoms with van der Waals surface area (Å²) in [4.78, 5) is 16.1. The topological polar surface area (TPSA) is 61.0 Å². The van der Waals surface area contributed by atoms with Crippen molar-refractivity contribution in [3.63, 3.8) is 0 Å². The number of carbonyl (C=O) groups excluding carboxylic acids is 1. The first-order valence-electron chi connectivity index (χ1n) is 5.98. The molecule has 0 radical (unpaired) electrons. The molecule has 5 nitrogen and oxygen atoms in total. The second-order valence-electron chi connectivity index (χ2n) is 4.45. The van der Waals surface area contributed by atoms with Gasteiger partial charge in [-0.2, -0.15) is 0 Å². The van der Waals surface area contributed by atoms with Gasteiger partial charge in [-0.1, -0.05) is 0 Å². The highest BCUT2D eigenvalue weighted by atomic mass is 19.1. The molecule has 0 spiro atoms. The minimum Gasteiger partial charge on any atom is -0.481 e. The Kier molecular flexibility index (Phi) is 2.83. The third-order valence-electron chi connectivity index (χ3n) is 3.35. The van der Waals surface area contributed by atoms with E-state index in [1.807, 2.05) is 0 Å². The fourth-order valence-corrected chi connectivity index (χ4v) is 2.25. The number of halogens is 1. The number of hydrogen-bond donors (Lipinski definition) is 0. The Hall–Kier alpha value is -2.21. The maximum Gasteiger partial charge on any atom is 0.345 e. The van der Waals surface area contributed by atoms with Gasteiger partial charge in [-0.25, -0.2) is 14.2 Å². The fraction of sp³-hybridized carbons (Fsp3) is 0.286. The van der Waals surface area contributed by atoms with Gasteiger partial charge in [-0.3, -0.25) is 0 Å². The lowest BCUT2D eigenvalue weighted by atomic mass is 9.96. The first-order valence-corrected chi connectivity index (χ1v) is 5.98. The lowest BCUT2D eigenvalue weighted by molar-refractivity contribution is -0.147. The largest absolute Gasteiger partial charge is 0.481 e. The van der Waals surface area contributed by atoms with Crippen molar-refractivity contribution in [2.45, 2.75) is 5.60 Å². The van der Waals surface area contributed by atoms with Crippen LogP contribution in [0.1, 0.15) is 5.56 Å². The molecular formula is C14H12FNO4. The van der Waals surface area contributed by atoms with Crippen molar-refractivity contribution >= 4 is 16.9 Å². The van der Waals surface area contributed by atoms with Gasteiger partial charge in [0.1, 0.15) is 5.82 Å². The maximum atomic E-state index is 14.2. The van der Waals surface area contributed by atoms with E-state index in [2.05, 4.69) is 4.98 Å². The van der Waals surface area contributed by atoms with E-state index >= 15 is 0 Å². The molecule has 1 saturated heterocycles. The molecule has 1 aromatic carbocycles. The molecule has 6 heteroatoms. The average Bonchev–Trinajstić information content (AvgIpc) is 3.27. The number of benzene rings is 1. The molecule has 0 N–H and O–H groups in total. The number of pyridine rings is 1. The molecule has 1 aliphatic rings. The van der Waals surface area contributed by atoms with Crippen molar-refractivity contribution in [1.29, 1.82) is 0 Å². The van der Waals surface area contributed by atoms with Gasteiger partial charge >= 0.3 is 5.97 Å². The minimum atomic E-state index is -1.39. The lowest BCUT2D eigenvalue weighted by Gasteiger charge is -2.13. The number of hydrogen-bond acceptors (Lipinski definition) is 5. The predicted octanol–water partition coefficient (Wildman–Crippen LogP) is 1.78. The van der Waals surface area contributed by atoms with Gasteiger partial charge in [0.2, 0.25) is 11.5 Å². The zero-order valence-corrected chi connectivity index (χ0v) is 11.0. The molecule has 3 rings (SSSR count). The second-order valence-corrected chi connectivity index (χ2v) is 4.45. The number of epoxide rings is 1. The van der Waals surface area contributed by atoms with Gasteiger partial charge in [0.25, 0.3) is 0 Å². The van der Waals surface area contributed by atoms with E-state index in [-0.39, 0.29) is 12.2 Å². The summed E-state index contributed by atoms with van der Waals surface area (Å²) in [7, 11) is 2.71. The molecular weight excluding hydrogens is 265 g/mol. The van der Waals surface area contributed by atoms with Crippen LogP contribution in [0.15, 0.2) is 24.3 Å². The molecule has 20 heavy (non-hydrogen) atoms. The second kappa shape index (κ2) is 4.42. The fourth-order valence-electron chi connectivity index (χ4n) is 2.25. The molecule has 1 atom stereocenters. The number of fused-ring (bicyclic) bond motifs is 1. The monoisotopic (exact) mass is 277 g/mol. The van der Waals surface area contributed by atoms with Gasteiger partial charge in [0.15, 0.2) is 0 Å². The number of ether oxygens (including phenoxy) is 3. The van der Waals surface area contributed by atoms with E-state index in [0.717, 1.165) is 0 Å². The first kappa shape index (κ1) is 12.8. The van der Waals surface area contributed by atoms with Crippen molar-refractivity contribution in [3.8, 4) is 5.88 Å². The highest BCUT2D eigenvalue weighted by Crippen LogP contribution is 2.44. The Morgan fingerprint density at radius 1 is 1.35 bits per heavy atom. The van der Waals surface area contributed by atoms with Crippen LogP contribution in [-0.2, 0) is 19.9 Å². The van der Waals surface area contributed by atoms with E-state index in [0.29, 0.717) is 16.8 Å². The van der Waals surface area contributed by atoms with Gasteiger partial charge in [-0.15, -0.1) is 0 Å². The summed E-state index contributed by atoms with van der Waals surface area (Å²) in [5.41, 5.74) is -0.953. The lowest BCUT2D eigenvalue weighted by Crippen LogP contribution is -2.25. The summed E-state index contributed by atoms with van der Waals surface area (Å²) in [6.07, 6.45) is 0. The zero-order chi connectivity index (χ0) is 14.3. The maximum absolute atomic E-state index is 14.2. The van der Waals surface area contributed by atoms with E-state index in [4.69, 9.17) is 14.2 Å². The van der Waals surface area contributed by atoms with Crippen molar-refractivity contribution in [3.05, 3.63) is 35.6 Å². The molecule has 1 unspecified atom stereocenters. The van der Waals surface area contributed by atoms with Crippen molar-refractivity contribution in [1.82, 2.24) is 4.98 Å².